The Morgan fingerprint density at radius 3 is 2.44 bits per heavy atom. The first-order valence-electron chi connectivity index (χ1n) is 5.88. The Balaban J connectivity index is 2.32. The molecule has 0 radical (unpaired) electrons. The summed E-state index contributed by atoms with van der Waals surface area (Å²) in [7, 11) is 0. The molecule has 0 unspecified atom stereocenters. The van der Waals surface area contributed by atoms with Crippen LogP contribution in [0.15, 0.2) is 24.5 Å². The van der Waals surface area contributed by atoms with Gasteiger partial charge in [0.15, 0.2) is 0 Å². The standard InChI is InChI=1S/C13H19N3O2/c1-13(2,3)16-12(18)7-6-11(17)15-10-5-4-8-14-9-10/h4-5,8-9H,6-7H2,1-3H3,(H,15,17)(H,16,18). The second-order valence-corrected chi connectivity index (χ2v) is 5.09. The molecule has 0 aliphatic carbocycles. The molecule has 2 amide bonds. The van der Waals surface area contributed by atoms with Gasteiger partial charge in [-0.1, -0.05) is 0 Å². The lowest BCUT2D eigenvalue weighted by Gasteiger charge is -2.20. The summed E-state index contributed by atoms with van der Waals surface area (Å²) in [6.07, 6.45) is 3.54. The van der Waals surface area contributed by atoms with Crippen molar-refractivity contribution in [1.82, 2.24) is 10.3 Å². The summed E-state index contributed by atoms with van der Waals surface area (Å²) in [6.45, 7) is 5.71. The maximum absolute atomic E-state index is 11.6. The van der Waals surface area contributed by atoms with Crippen LogP contribution in [-0.2, 0) is 9.59 Å². The molecule has 18 heavy (non-hydrogen) atoms. The van der Waals surface area contributed by atoms with Crippen molar-refractivity contribution in [2.45, 2.75) is 39.2 Å². The van der Waals surface area contributed by atoms with Gasteiger partial charge in [-0.25, -0.2) is 0 Å². The number of nitrogens with zero attached hydrogens (tertiary/aromatic N) is 1. The van der Waals surface area contributed by atoms with Crippen LogP contribution in [0.25, 0.3) is 0 Å². The maximum Gasteiger partial charge on any atom is 0.224 e. The molecule has 98 valence electrons. The number of nitrogens with one attached hydrogen (secondary N) is 2. The number of rotatable bonds is 4. The quantitative estimate of drug-likeness (QED) is 0.853. The number of hydrogen-bond acceptors (Lipinski definition) is 3. The molecule has 0 spiro atoms. The predicted molar refractivity (Wildman–Crippen MR) is 70.0 cm³/mol. The number of pyridine rings is 1. The summed E-state index contributed by atoms with van der Waals surface area (Å²) >= 11 is 0. The second kappa shape index (κ2) is 6.14. The minimum atomic E-state index is -0.267. The van der Waals surface area contributed by atoms with Crippen LogP contribution in [0.3, 0.4) is 0 Å². The van der Waals surface area contributed by atoms with Crippen LogP contribution in [0, 0.1) is 0 Å². The van der Waals surface area contributed by atoms with E-state index in [-0.39, 0.29) is 30.2 Å². The van der Waals surface area contributed by atoms with Crippen LogP contribution in [0.1, 0.15) is 33.6 Å². The van der Waals surface area contributed by atoms with E-state index in [1.54, 1.807) is 24.5 Å². The fourth-order valence-electron chi connectivity index (χ4n) is 1.37. The van der Waals surface area contributed by atoms with Crippen molar-refractivity contribution < 1.29 is 9.59 Å². The SMILES string of the molecule is CC(C)(C)NC(=O)CCC(=O)Nc1cccnc1. The van der Waals surface area contributed by atoms with E-state index in [2.05, 4.69) is 15.6 Å². The van der Waals surface area contributed by atoms with Crippen molar-refractivity contribution in [1.29, 1.82) is 0 Å². The van der Waals surface area contributed by atoms with Crippen molar-refractivity contribution in [2.24, 2.45) is 0 Å². The zero-order chi connectivity index (χ0) is 13.6. The number of hydrogen-bond donors (Lipinski definition) is 2. The van der Waals surface area contributed by atoms with Crippen LogP contribution in [0.5, 0.6) is 0 Å². The molecule has 1 heterocycles. The Bertz CT molecular complexity index is 410. The molecule has 1 aromatic rings. The lowest BCUT2D eigenvalue weighted by molar-refractivity contribution is -0.125. The minimum absolute atomic E-state index is 0.121. The Morgan fingerprint density at radius 2 is 1.89 bits per heavy atom. The molecular weight excluding hydrogens is 230 g/mol. The van der Waals surface area contributed by atoms with Crippen LogP contribution >= 0.6 is 0 Å². The topological polar surface area (TPSA) is 71.1 Å². The highest BCUT2D eigenvalue weighted by Gasteiger charge is 2.14. The summed E-state index contributed by atoms with van der Waals surface area (Å²) in [5.74, 6) is -0.309. The number of amides is 2. The van der Waals surface area contributed by atoms with Crippen molar-refractivity contribution >= 4 is 17.5 Å². The molecular formula is C13H19N3O2. The number of carbonyl (C=O) groups is 2. The predicted octanol–water partition coefficient (Wildman–Crippen LogP) is 1.71. The average molecular weight is 249 g/mol. The number of anilines is 1. The normalized spacial score (nSPS) is 10.8. The van der Waals surface area contributed by atoms with E-state index in [4.69, 9.17) is 0 Å². The first kappa shape index (κ1) is 14.2. The summed E-state index contributed by atoms with van der Waals surface area (Å²) in [4.78, 5) is 27.0. The van der Waals surface area contributed by atoms with Gasteiger partial charge >= 0.3 is 0 Å². The van der Waals surface area contributed by atoms with E-state index in [0.29, 0.717) is 5.69 Å². The molecule has 0 aliphatic rings. The van der Waals surface area contributed by atoms with E-state index in [1.165, 1.54) is 0 Å². The van der Waals surface area contributed by atoms with Gasteiger partial charge in [-0.15, -0.1) is 0 Å². The lowest BCUT2D eigenvalue weighted by atomic mass is 10.1. The largest absolute Gasteiger partial charge is 0.351 e. The number of carbonyl (C=O) groups excluding carboxylic acids is 2. The van der Waals surface area contributed by atoms with E-state index < -0.39 is 0 Å². The number of aromatic nitrogens is 1. The van der Waals surface area contributed by atoms with Gasteiger partial charge in [0.1, 0.15) is 0 Å². The highest BCUT2D eigenvalue weighted by atomic mass is 16.2. The fraction of sp³-hybridized carbons (Fsp3) is 0.462. The van der Waals surface area contributed by atoms with Gasteiger partial charge in [-0.05, 0) is 32.9 Å². The fourth-order valence-corrected chi connectivity index (χ4v) is 1.37. The molecule has 2 N–H and O–H groups in total. The van der Waals surface area contributed by atoms with Crippen molar-refractivity contribution in [2.75, 3.05) is 5.32 Å². The molecule has 0 bridgehead atoms. The Morgan fingerprint density at radius 1 is 1.22 bits per heavy atom. The highest BCUT2D eigenvalue weighted by molar-refractivity contribution is 5.93. The zero-order valence-electron chi connectivity index (χ0n) is 11.0. The van der Waals surface area contributed by atoms with E-state index in [1.807, 2.05) is 20.8 Å². The van der Waals surface area contributed by atoms with Crippen LogP contribution < -0.4 is 10.6 Å². The highest BCUT2D eigenvalue weighted by Crippen LogP contribution is 2.05. The van der Waals surface area contributed by atoms with Gasteiger partial charge in [0, 0.05) is 24.6 Å². The van der Waals surface area contributed by atoms with Crippen LogP contribution in [0.2, 0.25) is 0 Å². The van der Waals surface area contributed by atoms with Gasteiger partial charge < -0.3 is 10.6 Å². The third-order valence-electron chi connectivity index (χ3n) is 2.04. The molecule has 0 saturated carbocycles. The van der Waals surface area contributed by atoms with E-state index in [0.717, 1.165) is 0 Å². The van der Waals surface area contributed by atoms with Gasteiger partial charge in [0.2, 0.25) is 11.8 Å². The molecule has 0 aliphatic heterocycles. The molecule has 0 aromatic carbocycles. The average Bonchev–Trinajstić information content (AvgIpc) is 2.25. The molecule has 1 rings (SSSR count). The molecule has 0 saturated heterocycles. The monoisotopic (exact) mass is 249 g/mol. The lowest BCUT2D eigenvalue weighted by Crippen LogP contribution is -2.40. The zero-order valence-corrected chi connectivity index (χ0v) is 11.0. The Labute approximate surface area is 107 Å². The minimum Gasteiger partial charge on any atom is -0.351 e. The summed E-state index contributed by atoms with van der Waals surface area (Å²) in [5.41, 5.74) is 0.371. The molecule has 1 aromatic heterocycles. The van der Waals surface area contributed by atoms with Crippen molar-refractivity contribution in [3.63, 3.8) is 0 Å². The van der Waals surface area contributed by atoms with E-state index >= 15 is 0 Å². The summed E-state index contributed by atoms with van der Waals surface area (Å²) in [6, 6.07) is 3.49. The molecule has 0 fully saturated rings. The molecule has 5 nitrogen and oxygen atoms in total. The van der Waals surface area contributed by atoms with E-state index in [9.17, 15) is 9.59 Å². The summed E-state index contributed by atoms with van der Waals surface area (Å²) < 4.78 is 0. The third-order valence-corrected chi connectivity index (χ3v) is 2.04. The van der Waals surface area contributed by atoms with Crippen molar-refractivity contribution in [3.8, 4) is 0 Å². The van der Waals surface area contributed by atoms with Gasteiger partial charge in [-0.2, -0.15) is 0 Å². The second-order valence-electron chi connectivity index (χ2n) is 5.09. The molecule has 5 heteroatoms. The third kappa shape index (κ3) is 5.98. The van der Waals surface area contributed by atoms with Gasteiger partial charge in [0.05, 0.1) is 11.9 Å². The van der Waals surface area contributed by atoms with Crippen LogP contribution in [-0.4, -0.2) is 22.3 Å². The van der Waals surface area contributed by atoms with Crippen molar-refractivity contribution in [3.05, 3.63) is 24.5 Å². The maximum atomic E-state index is 11.6. The Hall–Kier alpha value is -1.91. The van der Waals surface area contributed by atoms with Crippen LogP contribution in [0.4, 0.5) is 5.69 Å². The molecule has 0 atom stereocenters. The first-order chi connectivity index (χ1) is 8.37. The van der Waals surface area contributed by atoms with Gasteiger partial charge in [-0.3, -0.25) is 14.6 Å². The van der Waals surface area contributed by atoms with Gasteiger partial charge in [0.25, 0.3) is 0 Å². The smallest absolute Gasteiger partial charge is 0.224 e. The summed E-state index contributed by atoms with van der Waals surface area (Å²) in [5, 5.41) is 5.49. The first-order valence-corrected chi connectivity index (χ1v) is 5.88. The Kier molecular flexibility index (Phi) is 4.83.